The van der Waals surface area contributed by atoms with Gasteiger partial charge in [0.15, 0.2) is 0 Å². The Hall–Kier alpha value is -2.78. The summed E-state index contributed by atoms with van der Waals surface area (Å²) in [6.07, 6.45) is -3.85. The topological polar surface area (TPSA) is 64.6 Å². The van der Waals surface area contributed by atoms with Gasteiger partial charge in [0.2, 0.25) is 0 Å². The van der Waals surface area contributed by atoms with E-state index in [1.807, 2.05) is 27.7 Å². The molecule has 0 saturated carbocycles. The first-order chi connectivity index (χ1) is 16.8. The van der Waals surface area contributed by atoms with Crippen LogP contribution in [0.4, 0.5) is 13.2 Å². The Labute approximate surface area is 216 Å². The second kappa shape index (κ2) is 10.7. The molecule has 1 N–H and O–H groups in total. The second-order valence-electron chi connectivity index (χ2n) is 9.04. The molecule has 0 saturated heterocycles. The zero-order valence-corrected chi connectivity index (χ0v) is 22.1. The van der Waals surface area contributed by atoms with Crippen LogP contribution in [0.15, 0.2) is 36.4 Å². The van der Waals surface area contributed by atoms with Gasteiger partial charge in [0.1, 0.15) is 18.4 Å². The number of fused-ring (bicyclic) bond motifs is 1. The number of carbonyl (C=O) groups excluding carboxylic acids is 2. The zero-order chi connectivity index (χ0) is 26.8. The van der Waals surface area contributed by atoms with E-state index in [4.69, 9.17) is 21.1 Å². The Morgan fingerprint density at radius 2 is 1.75 bits per heavy atom. The van der Waals surface area contributed by atoms with Gasteiger partial charge < -0.3 is 14.8 Å². The highest BCUT2D eigenvalue weighted by Crippen LogP contribution is 2.43. The monoisotopic (exact) mass is 541 g/mol. The van der Waals surface area contributed by atoms with Crippen molar-refractivity contribution in [2.24, 2.45) is 5.41 Å². The molecule has 0 spiro atoms. The van der Waals surface area contributed by atoms with E-state index in [0.717, 1.165) is 21.7 Å². The summed E-state index contributed by atoms with van der Waals surface area (Å²) >= 11 is 7.98. The van der Waals surface area contributed by atoms with Crippen molar-refractivity contribution in [3.05, 3.63) is 63.0 Å². The molecule has 2 aromatic carbocycles. The second-order valence-corrected chi connectivity index (χ2v) is 10.7. The Kier molecular flexibility index (Phi) is 8.25. The summed E-state index contributed by atoms with van der Waals surface area (Å²) < 4.78 is 50.4. The van der Waals surface area contributed by atoms with Crippen molar-refractivity contribution in [3.63, 3.8) is 0 Å². The van der Waals surface area contributed by atoms with Crippen LogP contribution in [0.5, 0.6) is 5.75 Å². The molecule has 1 heterocycles. The number of nitrogens with one attached hydrogen (secondary N) is 1. The molecule has 0 fully saturated rings. The largest absolute Gasteiger partial charge is 0.487 e. The van der Waals surface area contributed by atoms with Gasteiger partial charge in [-0.1, -0.05) is 44.5 Å². The number of thiophene rings is 1. The molecule has 36 heavy (non-hydrogen) atoms. The van der Waals surface area contributed by atoms with E-state index >= 15 is 0 Å². The van der Waals surface area contributed by atoms with E-state index in [9.17, 15) is 22.8 Å². The third kappa shape index (κ3) is 5.78. The van der Waals surface area contributed by atoms with Gasteiger partial charge in [0.25, 0.3) is 5.91 Å². The number of carbonyl (C=O) groups is 2. The van der Waals surface area contributed by atoms with Crippen LogP contribution in [0.25, 0.3) is 10.1 Å². The highest BCUT2D eigenvalue weighted by atomic mass is 35.5. The van der Waals surface area contributed by atoms with Gasteiger partial charge in [-0.15, -0.1) is 11.3 Å². The van der Waals surface area contributed by atoms with E-state index in [-0.39, 0.29) is 17.9 Å². The van der Waals surface area contributed by atoms with Crippen LogP contribution in [-0.4, -0.2) is 25.0 Å². The number of ether oxygens (including phenoxy) is 2. The summed E-state index contributed by atoms with van der Waals surface area (Å²) in [6, 6.07) is 7.00. The molecule has 0 aliphatic heterocycles. The summed E-state index contributed by atoms with van der Waals surface area (Å²) in [4.78, 5) is 26.7. The number of benzene rings is 2. The van der Waals surface area contributed by atoms with E-state index in [1.54, 1.807) is 12.1 Å². The van der Waals surface area contributed by atoms with Gasteiger partial charge in [0.05, 0.1) is 28.6 Å². The zero-order valence-electron chi connectivity index (χ0n) is 20.5. The van der Waals surface area contributed by atoms with Crippen molar-refractivity contribution < 1.29 is 32.2 Å². The Morgan fingerprint density at radius 1 is 1.11 bits per heavy atom. The molecule has 3 aromatic rings. The maximum absolute atomic E-state index is 13.4. The van der Waals surface area contributed by atoms with Gasteiger partial charge >= 0.3 is 12.1 Å². The van der Waals surface area contributed by atoms with Crippen LogP contribution in [-0.2, 0) is 22.3 Å². The SMILES string of the molecule is CCC(C)(C)C(NC(=O)c1ccc2sc(C)c(Cl)c2c1OCc1ccc(C(F)(F)F)cc1)C(=O)OC. The number of aryl methyl sites for hydroxylation is 1. The van der Waals surface area contributed by atoms with Gasteiger partial charge in [-0.2, -0.15) is 13.2 Å². The summed E-state index contributed by atoms with van der Waals surface area (Å²) in [6.45, 7) is 7.34. The number of hydrogen-bond donors (Lipinski definition) is 1. The van der Waals surface area contributed by atoms with Crippen LogP contribution in [0.2, 0.25) is 5.02 Å². The lowest BCUT2D eigenvalue weighted by atomic mass is 9.81. The molecule has 0 radical (unpaired) electrons. The number of rotatable bonds is 8. The van der Waals surface area contributed by atoms with Crippen LogP contribution >= 0.6 is 22.9 Å². The number of hydrogen-bond acceptors (Lipinski definition) is 5. The van der Waals surface area contributed by atoms with Crippen LogP contribution in [0, 0.1) is 12.3 Å². The number of alkyl halides is 3. The van der Waals surface area contributed by atoms with Crippen molar-refractivity contribution in [3.8, 4) is 5.75 Å². The highest BCUT2D eigenvalue weighted by molar-refractivity contribution is 7.19. The van der Waals surface area contributed by atoms with Crippen LogP contribution in [0.1, 0.15) is 53.6 Å². The summed E-state index contributed by atoms with van der Waals surface area (Å²) in [5, 5.41) is 3.72. The minimum Gasteiger partial charge on any atom is -0.487 e. The van der Waals surface area contributed by atoms with Crippen molar-refractivity contribution >= 4 is 44.9 Å². The smallest absolute Gasteiger partial charge is 0.416 e. The fourth-order valence-corrected chi connectivity index (χ4v) is 4.94. The molecular weight excluding hydrogens is 515 g/mol. The van der Waals surface area contributed by atoms with Crippen molar-refractivity contribution in [1.82, 2.24) is 5.32 Å². The Morgan fingerprint density at radius 3 is 2.31 bits per heavy atom. The number of methoxy groups -OCH3 is 1. The van der Waals surface area contributed by atoms with Crippen molar-refractivity contribution in [2.75, 3.05) is 7.11 Å². The summed E-state index contributed by atoms with van der Waals surface area (Å²) in [5.74, 6) is -0.943. The maximum atomic E-state index is 13.4. The van der Waals surface area contributed by atoms with E-state index in [1.165, 1.54) is 30.6 Å². The minimum atomic E-state index is -4.44. The lowest BCUT2D eigenvalue weighted by Gasteiger charge is -2.32. The first-order valence-electron chi connectivity index (χ1n) is 11.2. The van der Waals surface area contributed by atoms with Gasteiger partial charge in [0, 0.05) is 9.58 Å². The molecule has 10 heteroatoms. The number of halogens is 4. The van der Waals surface area contributed by atoms with Crippen LogP contribution < -0.4 is 10.1 Å². The molecule has 1 unspecified atom stereocenters. The molecule has 3 rings (SSSR count). The first kappa shape index (κ1) is 27.8. The molecule has 0 aliphatic rings. The first-order valence-corrected chi connectivity index (χ1v) is 12.4. The fourth-order valence-electron chi connectivity index (χ4n) is 3.62. The lowest BCUT2D eigenvalue weighted by molar-refractivity contribution is -0.146. The fraction of sp³-hybridized carbons (Fsp3) is 0.385. The molecule has 1 aromatic heterocycles. The molecule has 0 aliphatic carbocycles. The Balaban J connectivity index is 2.00. The van der Waals surface area contributed by atoms with E-state index in [2.05, 4.69) is 5.32 Å². The third-order valence-electron chi connectivity index (χ3n) is 6.23. The lowest BCUT2D eigenvalue weighted by Crippen LogP contribution is -2.50. The van der Waals surface area contributed by atoms with Gasteiger partial charge in [-0.05, 0) is 48.6 Å². The molecule has 5 nitrogen and oxygen atoms in total. The predicted molar refractivity (Wildman–Crippen MR) is 135 cm³/mol. The maximum Gasteiger partial charge on any atom is 0.416 e. The van der Waals surface area contributed by atoms with Gasteiger partial charge in [-0.3, -0.25) is 4.79 Å². The standard InChI is InChI=1S/C26H27ClF3NO4S/c1-6-25(3,4)22(24(33)34-5)31-23(32)17-11-12-18-19(20(27)14(2)36-18)21(17)35-13-15-7-9-16(10-8-15)26(28,29)30/h7-12,22H,6,13H2,1-5H3,(H,31,32). The van der Waals surface area contributed by atoms with E-state index < -0.39 is 35.1 Å². The molecule has 1 amide bonds. The Bertz CT molecular complexity index is 1270. The van der Waals surface area contributed by atoms with Gasteiger partial charge in [-0.25, -0.2) is 4.79 Å². The van der Waals surface area contributed by atoms with E-state index in [0.29, 0.717) is 22.4 Å². The van der Waals surface area contributed by atoms with Crippen LogP contribution in [0.3, 0.4) is 0 Å². The highest BCUT2D eigenvalue weighted by Gasteiger charge is 2.37. The molecular formula is C26H27ClF3NO4S. The minimum absolute atomic E-state index is 0.0936. The summed E-state index contributed by atoms with van der Waals surface area (Å²) in [7, 11) is 1.26. The third-order valence-corrected chi connectivity index (χ3v) is 7.88. The number of esters is 1. The number of amides is 1. The molecule has 0 bridgehead atoms. The predicted octanol–water partition coefficient (Wildman–Crippen LogP) is 7.17. The average Bonchev–Trinajstić information content (AvgIpc) is 3.13. The molecule has 194 valence electrons. The molecule has 1 atom stereocenters. The van der Waals surface area contributed by atoms with Crippen molar-refractivity contribution in [1.29, 1.82) is 0 Å². The quantitative estimate of drug-likeness (QED) is 0.307. The normalized spacial score (nSPS) is 12.9. The average molecular weight is 542 g/mol. The van der Waals surface area contributed by atoms with Crippen molar-refractivity contribution in [2.45, 2.75) is 52.9 Å². The summed E-state index contributed by atoms with van der Waals surface area (Å²) in [5.41, 5.74) is -0.730.